The Labute approximate surface area is 179 Å². The zero-order chi connectivity index (χ0) is 22.1. The molecule has 2 aromatic rings. The smallest absolute Gasteiger partial charge is 0.302 e. The first kappa shape index (κ1) is 23.0. The van der Waals surface area contributed by atoms with Crippen molar-refractivity contribution in [3.05, 3.63) is 53.9 Å². The van der Waals surface area contributed by atoms with Crippen LogP contribution >= 0.6 is 0 Å². The minimum atomic E-state index is -3.43. The van der Waals surface area contributed by atoms with Crippen molar-refractivity contribution in [2.45, 2.75) is 50.2 Å². The lowest BCUT2D eigenvalue weighted by Crippen LogP contribution is -2.49. The summed E-state index contributed by atoms with van der Waals surface area (Å²) >= 11 is 0. The predicted octanol–water partition coefficient (Wildman–Crippen LogP) is 2.24. The number of aromatic nitrogens is 4. The van der Waals surface area contributed by atoms with E-state index in [0.717, 1.165) is 38.2 Å². The Balaban J connectivity index is 1.49. The Morgan fingerprint density at radius 2 is 2.03 bits per heavy atom. The number of hydrogen-bond acceptors (Lipinski definition) is 6. The maximum absolute atomic E-state index is 14.5. The van der Waals surface area contributed by atoms with Gasteiger partial charge in [0, 0.05) is 18.5 Å². The summed E-state index contributed by atoms with van der Waals surface area (Å²) in [5.41, 5.74) is -0.263. The first-order chi connectivity index (χ1) is 15.0. The maximum Gasteiger partial charge on any atom is 0.302 e. The van der Waals surface area contributed by atoms with E-state index < -0.39 is 18.1 Å². The van der Waals surface area contributed by atoms with Crippen LogP contribution in [0.4, 0.5) is 8.78 Å². The lowest BCUT2D eigenvalue weighted by molar-refractivity contribution is -0.146. The molecule has 10 heteroatoms. The molecule has 1 saturated heterocycles. The Hall–Kier alpha value is -2.72. The van der Waals surface area contributed by atoms with Crippen LogP contribution in [0.2, 0.25) is 0 Å². The van der Waals surface area contributed by atoms with Crippen LogP contribution in [0, 0.1) is 0 Å². The topological polar surface area (TPSA) is 104 Å². The highest BCUT2D eigenvalue weighted by Crippen LogP contribution is 2.32. The number of rotatable bonds is 11. The van der Waals surface area contributed by atoms with Crippen LogP contribution in [0.1, 0.15) is 37.1 Å². The standard InChI is InChI=1S/C21H27F2N5O3/c22-21(23,16-8-4-3-5-9-16)18(29)12-11-17-14-31-15-20(30)28(17)13-7-2-1-6-10-19-24-26-27-25-19/h3-5,8-9,11-12,17-18,29H,1-2,6-7,10,13-15H2,(H,24,25,26,27)/b12-11+/t17-,18+/m0/s1. The molecule has 1 aliphatic heterocycles. The summed E-state index contributed by atoms with van der Waals surface area (Å²) in [6, 6.07) is 6.69. The van der Waals surface area contributed by atoms with Crippen molar-refractivity contribution in [1.82, 2.24) is 25.5 Å². The number of aliphatic hydroxyl groups is 1. The lowest BCUT2D eigenvalue weighted by atomic mass is 10.0. The number of tetrazole rings is 1. The highest BCUT2D eigenvalue weighted by molar-refractivity contribution is 5.78. The summed E-state index contributed by atoms with van der Waals surface area (Å²) in [5, 5.41) is 23.8. The second kappa shape index (κ2) is 11.1. The molecule has 2 atom stereocenters. The van der Waals surface area contributed by atoms with Crippen molar-refractivity contribution in [3.63, 3.8) is 0 Å². The number of ether oxygens (including phenoxy) is 1. The summed E-state index contributed by atoms with van der Waals surface area (Å²) in [5.74, 6) is -2.93. The van der Waals surface area contributed by atoms with Crippen LogP contribution in [0.25, 0.3) is 0 Å². The van der Waals surface area contributed by atoms with Crippen molar-refractivity contribution in [1.29, 1.82) is 0 Å². The van der Waals surface area contributed by atoms with Crippen LogP contribution in [0.3, 0.4) is 0 Å². The molecule has 1 aromatic heterocycles. The van der Waals surface area contributed by atoms with E-state index in [-0.39, 0.29) is 24.7 Å². The summed E-state index contributed by atoms with van der Waals surface area (Å²) < 4.78 is 34.2. The molecule has 0 saturated carbocycles. The predicted molar refractivity (Wildman–Crippen MR) is 108 cm³/mol. The highest BCUT2D eigenvalue weighted by atomic mass is 19.3. The average molecular weight is 435 g/mol. The molecule has 168 valence electrons. The molecule has 0 unspecified atom stereocenters. The van der Waals surface area contributed by atoms with Crippen LogP contribution in [-0.4, -0.2) is 68.4 Å². The second-order valence-electron chi connectivity index (χ2n) is 7.48. The number of unbranched alkanes of at least 4 members (excludes halogenated alkanes) is 3. The number of alkyl halides is 2. The van der Waals surface area contributed by atoms with Crippen LogP contribution < -0.4 is 0 Å². The quantitative estimate of drug-likeness (QED) is 0.414. The number of aromatic amines is 1. The van der Waals surface area contributed by atoms with Gasteiger partial charge in [-0.1, -0.05) is 60.5 Å². The molecule has 3 rings (SSSR count). The summed E-state index contributed by atoms with van der Waals surface area (Å²) in [6.07, 6.45) is 4.80. The monoisotopic (exact) mass is 435 g/mol. The van der Waals surface area contributed by atoms with E-state index in [1.54, 1.807) is 11.0 Å². The third-order valence-corrected chi connectivity index (χ3v) is 5.22. The van der Waals surface area contributed by atoms with Gasteiger partial charge in [0.05, 0.1) is 12.6 Å². The number of aryl methyl sites for hydroxylation is 1. The first-order valence-corrected chi connectivity index (χ1v) is 10.4. The number of aliphatic hydroxyl groups excluding tert-OH is 1. The van der Waals surface area contributed by atoms with Crippen molar-refractivity contribution in [2.75, 3.05) is 19.8 Å². The summed E-state index contributed by atoms with van der Waals surface area (Å²) in [7, 11) is 0. The highest BCUT2D eigenvalue weighted by Gasteiger charge is 2.39. The van der Waals surface area contributed by atoms with E-state index in [4.69, 9.17) is 4.74 Å². The molecule has 1 aromatic carbocycles. The van der Waals surface area contributed by atoms with Crippen LogP contribution in [0.5, 0.6) is 0 Å². The normalized spacial score (nSPS) is 18.6. The van der Waals surface area contributed by atoms with E-state index in [9.17, 15) is 18.7 Å². The van der Waals surface area contributed by atoms with E-state index in [0.29, 0.717) is 12.4 Å². The number of H-pyrrole nitrogens is 1. The van der Waals surface area contributed by atoms with E-state index in [1.165, 1.54) is 30.3 Å². The molecule has 1 aliphatic rings. The Bertz CT molecular complexity index is 833. The van der Waals surface area contributed by atoms with Crippen LogP contribution in [0.15, 0.2) is 42.5 Å². The largest absolute Gasteiger partial charge is 0.382 e. The van der Waals surface area contributed by atoms with Gasteiger partial charge in [0.1, 0.15) is 12.7 Å². The third-order valence-electron chi connectivity index (χ3n) is 5.22. The number of morpholine rings is 1. The Morgan fingerprint density at radius 3 is 2.77 bits per heavy atom. The van der Waals surface area contributed by atoms with Gasteiger partial charge in [0.2, 0.25) is 5.91 Å². The summed E-state index contributed by atoms with van der Waals surface area (Å²) in [6.45, 7) is 0.694. The number of carbonyl (C=O) groups excluding carboxylic acids is 1. The molecule has 0 spiro atoms. The molecule has 1 amide bonds. The third kappa shape index (κ3) is 6.38. The van der Waals surface area contributed by atoms with Gasteiger partial charge in [-0.05, 0) is 12.8 Å². The molecular formula is C21H27F2N5O3. The molecule has 2 heterocycles. The van der Waals surface area contributed by atoms with Gasteiger partial charge in [0.15, 0.2) is 5.82 Å². The lowest BCUT2D eigenvalue weighted by Gasteiger charge is -2.34. The molecule has 1 fully saturated rings. The fraction of sp³-hybridized carbons (Fsp3) is 0.524. The van der Waals surface area contributed by atoms with Crippen molar-refractivity contribution in [2.24, 2.45) is 0 Å². The van der Waals surface area contributed by atoms with Crippen molar-refractivity contribution in [3.8, 4) is 0 Å². The maximum atomic E-state index is 14.5. The molecule has 2 N–H and O–H groups in total. The van der Waals surface area contributed by atoms with Gasteiger partial charge < -0.3 is 14.7 Å². The van der Waals surface area contributed by atoms with Gasteiger partial charge in [-0.2, -0.15) is 14.0 Å². The second-order valence-corrected chi connectivity index (χ2v) is 7.48. The number of hydrogen-bond donors (Lipinski definition) is 2. The summed E-state index contributed by atoms with van der Waals surface area (Å²) in [4.78, 5) is 13.9. The number of carbonyl (C=O) groups is 1. The first-order valence-electron chi connectivity index (χ1n) is 10.4. The van der Waals surface area contributed by atoms with E-state index >= 15 is 0 Å². The fourth-order valence-electron chi connectivity index (χ4n) is 3.47. The number of benzene rings is 1. The van der Waals surface area contributed by atoms with E-state index in [2.05, 4.69) is 20.6 Å². The Morgan fingerprint density at radius 1 is 1.26 bits per heavy atom. The van der Waals surface area contributed by atoms with Crippen LogP contribution in [-0.2, 0) is 21.9 Å². The SMILES string of the molecule is O=C1COC[C@H](/C=C/[C@@H](O)C(F)(F)c2ccccc2)N1CCCCCCc1nn[nH]n1. The van der Waals surface area contributed by atoms with Gasteiger partial charge in [-0.15, -0.1) is 10.2 Å². The van der Waals surface area contributed by atoms with Gasteiger partial charge in [-0.25, -0.2) is 0 Å². The molecule has 31 heavy (non-hydrogen) atoms. The fourth-order valence-corrected chi connectivity index (χ4v) is 3.47. The number of amides is 1. The Kier molecular flexibility index (Phi) is 8.19. The zero-order valence-electron chi connectivity index (χ0n) is 17.2. The molecule has 8 nitrogen and oxygen atoms in total. The number of nitrogens with one attached hydrogen (secondary N) is 1. The molecule has 0 radical (unpaired) electrons. The van der Waals surface area contributed by atoms with Gasteiger partial charge in [-0.3, -0.25) is 4.79 Å². The van der Waals surface area contributed by atoms with Gasteiger partial charge >= 0.3 is 5.92 Å². The molecule has 0 aliphatic carbocycles. The number of nitrogens with zero attached hydrogens (tertiary/aromatic N) is 4. The van der Waals surface area contributed by atoms with Crippen molar-refractivity contribution < 1.29 is 23.4 Å². The van der Waals surface area contributed by atoms with E-state index in [1.807, 2.05) is 0 Å². The average Bonchev–Trinajstić information content (AvgIpc) is 3.29. The number of halogens is 2. The van der Waals surface area contributed by atoms with Gasteiger partial charge in [0.25, 0.3) is 0 Å². The molecular weight excluding hydrogens is 408 g/mol. The molecule has 0 bridgehead atoms. The van der Waals surface area contributed by atoms with Crippen molar-refractivity contribution >= 4 is 5.91 Å². The minimum Gasteiger partial charge on any atom is -0.382 e. The zero-order valence-corrected chi connectivity index (χ0v) is 17.2. The minimum absolute atomic E-state index is 0.0229.